The molecule has 1 unspecified atom stereocenters. The van der Waals surface area contributed by atoms with Gasteiger partial charge in [-0.15, -0.1) is 0 Å². The number of phenols is 1. The maximum absolute atomic E-state index is 13.7. The lowest BCUT2D eigenvalue weighted by molar-refractivity contribution is -0.0264. The summed E-state index contributed by atoms with van der Waals surface area (Å²) in [7, 11) is 1.98. The molecule has 0 spiro atoms. The Hall–Kier alpha value is -1.99. The van der Waals surface area contributed by atoms with Crippen molar-refractivity contribution in [1.82, 2.24) is 15.0 Å². The van der Waals surface area contributed by atoms with Crippen molar-refractivity contribution in [2.24, 2.45) is 0 Å². The Morgan fingerprint density at radius 1 is 1.45 bits per heavy atom. The third kappa shape index (κ3) is 2.50. The van der Waals surface area contributed by atoms with Gasteiger partial charge in [0.15, 0.2) is 0 Å². The summed E-state index contributed by atoms with van der Waals surface area (Å²) in [5.74, 6) is -0.279. The van der Waals surface area contributed by atoms with Crippen molar-refractivity contribution in [3.05, 3.63) is 29.8 Å². The lowest BCUT2D eigenvalue weighted by Gasteiger charge is -2.27. The molecule has 1 aliphatic heterocycles. The molecule has 106 valence electrons. The third-order valence-corrected chi connectivity index (χ3v) is 3.18. The van der Waals surface area contributed by atoms with Crippen molar-refractivity contribution in [2.75, 3.05) is 26.7 Å². The van der Waals surface area contributed by atoms with Crippen LogP contribution in [0.4, 0.5) is 4.39 Å². The van der Waals surface area contributed by atoms with Crippen molar-refractivity contribution < 1.29 is 18.8 Å². The Morgan fingerprint density at radius 2 is 2.30 bits per heavy atom. The highest BCUT2D eigenvalue weighted by Gasteiger charge is 2.25. The van der Waals surface area contributed by atoms with Crippen molar-refractivity contribution in [3.63, 3.8) is 0 Å². The van der Waals surface area contributed by atoms with Gasteiger partial charge in [0, 0.05) is 19.2 Å². The molecular formula is C13H14FN3O3. The maximum Gasteiger partial charge on any atom is 0.261 e. The van der Waals surface area contributed by atoms with Crippen LogP contribution >= 0.6 is 0 Å². The maximum atomic E-state index is 13.7. The predicted octanol–water partition coefficient (Wildman–Crippen LogP) is 1.58. The molecule has 1 saturated heterocycles. The molecule has 1 aromatic carbocycles. The number of phenolic OH excluding ortho intramolecular Hbond substituents is 1. The van der Waals surface area contributed by atoms with Crippen molar-refractivity contribution in [1.29, 1.82) is 0 Å². The summed E-state index contributed by atoms with van der Waals surface area (Å²) in [6, 6.07) is 3.77. The fourth-order valence-corrected chi connectivity index (χ4v) is 2.09. The lowest BCUT2D eigenvalue weighted by Crippen LogP contribution is -2.35. The molecule has 1 aromatic heterocycles. The molecule has 1 N–H and O–H groups in total. The predicted molar refractivity (Wildman–Crippen MR) is 67.5 cm³/mol. The summed E-state index contributed by atoms with van der Waals surface area (Å²) in [5.41, 5.74) is 0.158. The summed E-state index contributed by atoms with van der Waals surface area (Å²) in [5, 5.41) is 13.0. The first-order chi connectivity index (χ1) is 9.63. The number of benzene rings is 1. The fourth-order valence-electron chi connectivity index (χ4n) is 2.09. The average molecular weight is 279 g/mol. The fraction of sp³-hybridized carbons (Fsp3) is 0.385. The van der Waals surface area contributed by atoms with Gasteiger partial charge in [-0.25, -0.2) is 4.39 Å². The molecule has 1 aliphatic rings. The SMILES string of the molecule is CN1CCOC(c2noc(-c3ccc(O)cc3F)n2)C1. The van der Waals surface area contributed by atoms with E-state index in [0.717, 1.165) is 12.6 Å². The zero-order chi connectivity index (χ0) is 14.1. The van der Waals surface area contributed by atoms with Crippen LogP contribution in [0.3, 0.4) is 0 Å². The number of morpholine rings is 1. The number of likely N-dealkylation sites (N-methyl/N-ethyl adjacent to an activating group) is 1. The molecule has 2 heterocycles. The molecule has 2 aromatic rings. The van der Waals surface area contributed by atoms with Crippen LogP contribution < -0.4 is 0 Å². The van der Waals surface area contributed by atoms with E-state index in [1.165, 1.54) is 12.1 Å². The van der Waals surface area contributed by atoms with Gasteiger partial charge in [-0.05, 0) is 19.2 Å². The van der Waals surface area contributed by atoms with Gasteiger partial charge in [-0.3, -0.25) is 0 Å². The van der Waals surface area contributed by atoms with Crippen LogP contribution in [0.15, 0.2) is 22.7 Å². The highest BCUT2D eigenvalue weighted by Crippen LogP contribution is 2.26. The van der Waals surface area contributed by atoms with Gasteiger partial charge >= 0.3 is 0 Å². The van der Waals surface area contributed by atoms with Gasteiger partial charge in [0.25, 0.3) is 5.89 Å². The topological polar surface area (TPSA) is 71.6 Å². The molecule has 1 fully saturated rings. The van der Waals surface area contributed by atoms with Crippen LogP contribution in [-0.2, 0) is 4.74 Å². The molecule has 0 saturated carbocycles. The summed E-state index contributed by atoms with van der Waals surface area (Å²) >= 11 is 0. The number of hydrogen-bond donors (Lipinski definition) is 1. The first-order valence-corrected chi connectivity index (χ1v) is 6.26. The number of aromatic hydroxyl groups is 1. The molecule has 6 nitrogen and oxygen atoms in total. The Labute approximate surface area is 114 Å². The number of nitrogens with zero attached hydrogens (tertiary/aromatic N) is 3. The lowest BCUT2D eigenvalue weighted by atomic mass is 10.2. The number of halogens is 1. The van der Waals surface area contributed by atoms with Gasteiger partial charge in [0.05, 0.1) is 12.2 Å². The summed E-state index contributed by atoms with van der Waals surface area (Å²) in [4.78, 5) is 6.28. The van der Waals surface area contributed by atoms with Gasteiger partial charge < -0.3 is 19.3 Å². The Kier molecular flexibility index (Phi) is 3.37. The molecule has 0 radical (unpaired) electrons. The van der Waals surface area contributed by atoms with Crippen molar-refractivity contribution in [3.8, 4) is 17.2 Å². The number of rotatable bonds is 2. The number of hydrogen-bond acceptors (Lipinski definition) is 6. The summed E-state index contributed by atoms with van der Waals surface area (Å²) in [6.07, 6.45) is -0.272. The second-order valence-corrected chi connectivity index (χ2v) is 4.74. The normalized spacial score (nSPS) is 20.2. The second kappa shape index (κ2) is 5.18. The minimum atomic E-state index is -0.609. The van der Waals surface area contributed by atoms with Crippen molar-refractivity contribution >= 4 is 0 Å². The van der Waals surface area contributed by atoms with E-state index in [1.54, 1.807) is 0 Å². The van der Waals surface area contributed by atoms with Gasteiger partial charge in [0.2, 0.25) is 5.82 Å². The van der Waals surface area contributed by atoms with Crippen LogP contribution in [-0.4, -0.2) is 46.9 Å². The number of aromatic nitrogens is 2. The third-order valence-electron chi connectivity index (χ3n) is 3.18. The molecular weight excluding hydrogens is 265 g/mol. The molecule has 1 atom stereocenters. The average Bonchev–Trinajstić information content (AvgIpc) is 2.88. The van der Waals surface area contributed by atoms with E-state index in [4.69, 9.17) is 9.26 Å². The minimum Gasteiger partial charge on any atom is -0.508 e. The van der Waals surface area contributed by atoms with E-state index in [9.17, 15) is 9.50 Å². The number of ether oxygens (including phenoxy) is 1. The standard InChI is InChI=1S/C13H14FN3O3/c1-17-4-5-19-11(7-17)12-15-13(20-16-12)9-3-2-8(18)6-10(9)14/h2-3,6,11,18H,4-5,7H2,1H3. The minimum absolute atomic E-state index is 0.0781. The van der Waals surface area contributed by atoms with E-state index in [2.05, 4.69) is 15.0 Å². The van der Waals surface area contributed by atoms with E-state index >= 15 is 0 Å². The van der Waals surface area contributed by atoms with Crippen LogP contribution in [0.1, 0.15) is 11.9 Å². The van der Waals surface area contributed by atoms with E-state index in [0.29, 0.717) is 19.0 Å². The Bertz CT molecular complexity index is 617. The van der Waals surface area contributed by atoms with Crippen LogP contribution in [0.25, 0.3) is 11.5 Å². The molecule has 20 heavy (non-hydrogen) atoms. The quantitative estimate of drug-likeness (QED) is 0.900. The Morgan fingerprint density at radius 3 is 3.05 bits per heavy atom. The highest BCUT2D eigenvalue weighted by atomic mass is 19.1. The molecule has 3 rings (SSSR count). The highest BCUT2D eigenvalue weighted by molar-refractivity contribution is 5.55. The zero-order valence-corrected chi connectivity index (χ0v) is 10.9. The zero-order valence-electron chi connectivity index (χ0n) is 10.9. The van der Waals surface area contributed by atoms with Crippen LogP contribution in [0.2, 0.25) is 0 Å². The van der Waals surface area contributed by atoms with Gasteiger partial charge in [-0.2, -0.15) is 4.98 Å². The monoisotopic (exact) mass is 279 g/mol. The van der Waals surface area contributed by atoms with E-state index in [-0.39, 0.29) is 23.3 Å². The molecule has 7 heteroatoms. The van der Waals surface area contributed by atoms with Gasteiger partial charge in [-0.1, -0.05) is 5.16 Å². The summed E-state index contributed by atoms with van der Waals surface area (Å²) in [6.45, 7) is 2.11. The van der Waals surface area contributed by atoms with E-state index in [1.807, 2.05) is 7.05 Å². The molecule has 0 amide bonds. The smallest absolute Gasteiger partial charge is 0.261 e. The van der Waals surface area contributed by atoms with Crippen LogP contribution in [0.5, 0.6) is 5.75 Å². The molecule has 0 bridgehead atoms. The Balaban J connectivity index is 1.86. The van der Waals surface area contributed by atoms with E-state index < -0.39 is 5.82 Å². The first kappa shape index (κ1) is 13.0. The largest absolute Gasteiger partial charge is 0.508 e. The van der Waals surface area contributed by atoms with Gasteiger partial charge in [0.1, 0.15) is 17.7 Å². The van der Waals surface area contributed by atoms with Crippen molar-refractivity contribution in [2.45, 2.75) is 6.10 Å². The molecule has 0 aliphatic carbocycles. The second-order valence-electron chi connectivity index (χ2n) is 4.74. The van der Waals surface area contributed by atoms with Crippen LogP contribution in [0, 0.1) is 5.82 Å². The first-order valence-electron chi connectivity index (χ1n) is 6.26. The summed E-state index contributed by atoms with van der Waals surface area (Å²) < 4.78 is 24.4.